The van der Waals surface area contributed by atoms with Crippen LogP contribution in [0.2, 0.25) is 0 Å². The number of methoxy groups -OCH3 is 2. The van der Waals surface area contributed by atoms with Crippen molar-refractivity contribution in [2.45, 2.75) is 0 Å². The molecule has 0 aliphatic carbocycles. The second-order valence-corrected chi connectivity index (χ2v) is 3.61. The summed E-state index contributed by atoms with van der Waals surface area (Å²) in [6.07, 6.45) is 1.45. The van der Waals surface area contributed by atoms with Gasteiger partial charge in [0.05, 0.1) is 19.9 Å². The SMILES string of the molecule is COc1cc(OC)c(NC(=O)c2ccn[nH]2)cc1F. The zero-order valence-corrected chi connectivity index (χ0v) is 10.4. The van der Waals surface area contributed by atoms with Gasteiger partial charge in [-0.3, -0.25) is 9.89 Å². The Labute approximate surface area is 108 Å². The van der Waals surface area contributed by atoms with E-state index in [0.717, 1.165) is 6.07 Å². The molecule has 0 spiro atoms. The predicted octanol–water partition coefficient (Wildman–Crippen LogP) is 1.82. The molecule has 2 aromatic rings. The molecule has 1 aromatic heterocycles. The van der Waals surface area contributed by atoms with Gasteiger partial charge in [0.15, 0.2) is 11.6 Å². The lowest BCUT2D eigenvalue weighted by molar-refractivity contribution is 0.102. The van der Waals surface area contributed by atoms with Crippen molar-refractivity contribution >= 4 is 11.6 Å². The van der Waals surface area contributed by atoms with Gasteiger partial charge in [0.2, 0.25) is 0 Å². The number of halogens is 1. The minimum atomic E-state index is -0.594. The van der Waals surface area contributed by atoms with E-state index in [1.807, 2.05) is 0 Å². The smallest absolute Gasteiger partial charge is 0.273 e. The van der Waals surface area contributed by atoms with Crippen molar-refractivity contribution in [3.05, 3.63) is 35.9 Å². The number of rotatable bonds is 4. The standard InChI is InChI=1S/C12H12FN3O3/c1-18-10-6-11(19-2)9(5-7(10)13)15-12(17)8-3-4-14-16-8/h3-6H,1-2H3,(H,14,16)(H,15,17). The van der Waals surface area contributed by atoms with Crippen molar-refractivity contribution in [2.75, 3.05) is 19.5 Å². The van der Waals surface area contributed by atoms with Crippen molar-refractivity contribution in [2.24, 2.45) is 0 Å². The lowest BCUT2D eigenvalue weighted by Gasteiger charge is -2.11. The number of nitrogens with zero attached hydrogens (tertiary/aromatic N) is 1. The Balaban J connectivity index is 2.29. The van der Waals surface area contributed by atoms with E-state index in [1.165, 1.54) is 32.5 Å². The van der Waals surface area contributed by atoms with Crippen LogP contribution in [0, 0.1) is 5.82 Å². The topological polar surface area (TPSA) is 76.2 Å². The number of H-pyrrole nitrogens is 1. The largest absolute Gasteiger partial charge is 0.494 e. The van der Waals surface area contributed by atoms with E-state index in [4.69, 9.17) is 9.47 Å². The normalized spacial score (nSPS) is 10.1. The number of hydrogen-bond acceptors (Lipinski definition) is 4. The Morgan fingerprint density at radius 1 is 1.32 bits per heavy atom. The molecule has 1 aromatic carbocycles. The van der Waals surface area contributed by atoms with Crippen molar-refractivity contribution in [1.82, 2.24) is 10.2 Å². The van der Waals surface area contributed by atoms with Crippen molar-refractivity contribution in [3.8, 4) is 11.5 Å². The van der Waals surface area contributed by atoms with Gasteiger partial charge >= 0.3 is 0 Å². The number of hydrogen-bond donors (Lipinski definition) is 2. The van der Waals surface area contributed by atoms with E-state index in [-0.39, 0.29) is 17.1 Å². The number of aromatic amines is 1. The fourth-order valence-corrected chi connectivity index (χ4v) is 1.53. The van der Waals surface area contributed by atoms with Crippen LogP contribution in [-0.4, -0.2) is 30.3 Å². The van der Waals surface area contributed by atoms with Gasteiger partial charge in [-0.15, -0.1) is 0 Å². The minimum Gasteiger partial charge on any atom is -0.494 e. The Hall–Kier alpha value is -2.57. The maximum absolute atomic E-state index is 13.6. The number of aromatic nitrogens is 2. The summed E-state index contributed by atoms with van der Waals surface area (Å²) < 4.78 is 23.5. The highest BCUT2D eigenvalue weighted by Gasteiger charge is 2.14. The number of anilines is 1. The predicted molar refractivity (Wildman–Crippen MR) is 66.0 cm³/mol. The van der Waals surface area contributed by atoms with Crippen LogP contribution in [0.15, 0.2) is 24.4 Å². The average molecular weight is 265 g/mol. The summed E-state index contributed by atoms with van der Waals surface area (Å²) in [7, 11) is 2.76. The van der Waals surface area contributed by atoms with E-state index >= 15 is 0 Å². The second kappa shape index (κ2) is 5.38. The molecule has 0 atom stereocenters. The van der Waals surface area contributed by atoms with Gasteiger partial charge < -0.3 is 14.8 Å². The summed E-state index contributed by atoms with van der Waals surface area (Å²) in [5.74, 6) is -0.703. The highest BCUT2D eigenvalue weighted by atomic mass is 19.1. The molecule has 0 unspecified atom stereocenters. The molecule has 0 aliphatic heterocycles. The maximum Gasteiger partial charge on any atom is 0.273 e. The monoisotopic (exact) mass is 265 g/mol. The Morgan fingerprint density at radius 3 is 2.63 bits per heavy atom. The molecule has 19 heavy (non-hydrogen) atoms. The summed E-state index contributed by atoms with van der Waals surface area (Å²) in [6.45, 7) is 0. The molecule has 2 N–H and O–H groups in total. The van der Waals surface area contributed by atoms with Crippen LogP contribution >= 0.6 is 0 Å². The molecule has 0 fully saturated rings. The fraction of sp³-hybridized carbons (Fsp3) is 0.167. The molecule has 0 radical (unpaired) electrons. The number of nitrogens with one attached hydrogen (secondary N) is 2. The van der Waals surface area contributed by atoms with Gasteiger partial charge in [0.25, 0.3) is 5.91 Å². The van der Waals surface area contributed by atoms with Gasteiger partial charge in [0, 0.05) is 18.3 Å². The number of carbonyl (C=O) groups is 1. The number of benzene rings is 1. The van der Waals surface area contributed by atoms with Crippen LogP contribution in [0.25, 0.3) is 0 Å². The molecule has 6 nitrogen and oxygen atoms in total. The quantitative estimate of drug-likeness (QED) is 0.884. The number of amides is 1. The van der Waals surface area contributed by atoms with E-state index in [0.29, 0.717) is 5.75 Å². The highest BCUT2D eigenvalue weighted by molar-refractivity contribution is 6.03. The maximum atomic E-state index is 13.6. The number of carbonyl (C=O) groups excluding carboxylic acids is 1. The fourth-order valence-electron chi connectivity index (χ4n) is 1.53. The molecular weight excluding hydrogens is 253 g/mol. The first-order valence-corrected chi connectivity index (χ1v) is 5.38. The van der Waals surface area contributed by atoms with Gasteiger partial charge in [0.1, 0.15) is 11.4 Å². The molecule has 0 bridgehead atoms. The lowest BCUT2D eigenvalue weighted by atomic mass is 10.2. The molecular formula is C12H12FN3O3. The van der Waals surface area contributed by atoms with Crippen LogP contribution in [0.4, 0.5) is 10.1 Å². The molecule has 1 heterocycles. The molecule has 0 saturated heterocycles. The summed E-state index contributed by atoms with van der Waals surface area (Å²) in [6, 6.07) is 3.99. The average Bonchev–Trinajstić information content (AvgIpc) is 2.93. The summed E-state index contributed by atoms with van der Waals surface area (Å²) in [4.78, 5) is 11.8. The van der Waals surface area contributed by atoms with Crippen LogP contribution in [0.1, 0.15) is 10.5 Å². The Kier molecular flexibility index (Phi) is 3.65. The lowest BCUT2D eigenvalue weighted by Crippen LogP contribution is -2.13. The first kappa shape index (κ1) is 12.9. The third kappa shape index (κ3) is 2.65. The zero-order valence-electron chi connectivity index (χ0n) is 10.4. The van der Waals surface area contributed by atoms with Gasteiger partial charge in [-0.05, 0) is 6.07 Å². The summed E-state index contributed by atoms with van der Waals surface area (Å²) in [5.41, 5.74) is 0.471. The van der Waals surface area contributed by atoms with Crippen LogP contribution in [-0.2, 0) is 0 Å². The van der Waals surface area contributed by atoms with Crippen LogP contribution < -0.4 is 14.8 Å². The van der Waals surface area contributed by atoms with Crippen molar-refractivity contribution in [3.63, 3.8) is 0 Å². The molecule has 1 amide bonds. The molecule has 100 valence electrons. The molecule has 2 rings (SSSR count). The molecule has 7 heteroatoms. The third-order valence-electron chi connectivity index (χ3n) is 2.47. The van der Waals surface area contributed by atoms with Gasteiger partial charge in [-0.25, -0.2) is 4.39 Å². The molecule has 0 saturated carbocycles. The second-order valence-electron chi connectivity index (χ2n) is 3.61. The van der Waals surface area contributed by atoms with E-state index in [9.17, 15) is 9.18 Å². The van der Waals surface area contributed by atoms with E-state index in [2.05, 4.69) is 15.5 Å². The molecule has 0 aliphatic rings. The Morgan fingerprint density at radius 2 is 2.05 bits per heavy atom. The van der Waals surface area contributed by atoms with Crippen LogP contribution in [0.5, 0.6) is 11.5 Å². The zero-order chi connectivity index (χ0) is 13.8. The summed E-state index contributed by atoms with van der Waals surface area (Å²) >= 11 is 0. The number of ether oxygens (including phenoxy) is 2. The van der Waals surface area contributed by atoms with Crippen molar-refractivity contribution in [1.29, 1.82) is 0 Å². The first-order valence-electron chi connectivity index (χ1n) is 5.38. The third-order valence-corrected chi connectivity index (χ3v) is 2.47. The Bertz CT molecular complexity index is 584. The van der Waals surface area contributed by atoms with E-state index < -0.39 is 11.7 Å². The van der Waals surface area contributed by atoms with Gasteiger partial charge in [-0.2, -0.15) is 5.10 Å². The van der Waals surface area contributed by atoms with E-state index in [1.54, 1.807) is 0 Å². The van der Waals surface area contributed by atoms with Gasteiger partial charge in [-0.1, -0.05) is 0 Å². The van der Waals surface area contributed by atoms with Crippen molar-refractivity contribution < 1.29 is 18.7 Å². The highest BCUT2D eigenvalue weighted by Crippen LogP contribution is 2.32. The first-order chi connectivity index (χ1) is 9.15. The van der Waals surface area contributed by atoms with Crippen LogP contribution in [0.3, 0.4) is 0 Å². The summed E-state index contributed by atoms with van der Waals surface area (Å²) in [5, 5.41) is 8.70. The minimum absolute atomic E-state index is 0.0383.